The highest BCUT2D eigenvalue weighted by Gasteiger charge is 2.44. The average molecular weight is 351 g/mol. The van der Waals surface area contributed by atoms with Crippen molar-refractivity contribution in [2.45, 2.75) is 17.4 Å². The zero-order valence-corrected chi connectivity index (χ0v) is 13.8. The molecule has 2 atom stereocenters. The third-order valence-corrected chi connectivity index (χ3v) is 6.87. The number of nitrogens with zero attached hydrogens (tertiary/aromatic N) is 1. The molecule has 0 spiro atoms. The van der Waals surface area contributed by atoms with E-state index in [0.29, 0.717) is 24.8 Å². The fourth-order valence-corrected chi connectivity index (χ4v) is 5.62. The fraction of sp³-hybridized carbons (Fsp3) is 0.538. The number of rotatable bonds is 3. The monoisotopic (exact) mass is 350 g/mol. The Morgan fingerprint density at radius 2 is 2.05 bits per heavy atom. The van der Waals surface area contributed by atoms with E-state index in [2.05, 4.69) is 5.32 Å². The van der Waals surface area contributed by atoms with Crippen molar-refractivity contribution >= 4 is 33.2 Å². The van der Waals surface area contributed by atoms with Crippen LogP contribution in [0.25, 0.3) is 0 Å². The third-order valence-electron chi connectivity index (χ3n) is 4.19. The van der Waals surface area contributed by atoms with Crippen molar-refractivity contribution in [1.82, 2.24) is 9.62 Å². The molecule has 2 saturated heterocycles. The van der Waals surface area contributed by atoms with Gasteiger partial charge in [-0.3, -0.25) is 0 Å². The summed E-state index contributed by atoms with van der Waals surface area (Å²) in [7, 11) is -2.19. The maximum absolute atomic E-state index is 12.9. The molecule has 0 saturated carbocycles. The van der Waals surface area contributed by atoms with E-state index in [9.17, 15) is 8.42 Å². The van der Waals surface area contributed by atoms with Gasteiger partial charge in [-0.15, -0.1) is 0 Å². The normalized spacial score (nSPS) is 26.0. The van der Waals surface area contributed by atoms with Crippen LogP contribution in [0.15, 0.2) is 17.0 Å². The van der Waals surface area contributed by atoms with Gasteiger partial charge in [0.2, 0.25) is 10.0 Å². The smallest absolute Gasteiger partial charge is 0.244 e. The van der Waals surface area contributed by atoms with E-state index in [1.54, 1.807) is 4.31 Å². The van der Waals surface area contributed by atoms with Gasteiger partial charge in [0.25, 0.3) is 0 Å². The Morgan fingerprint density at radius 1 is 1.29 bits per heavy atom. The van der Waals surface area contributed by atoms with Gasteiger partial charge >= 0.3 is 0 Å². The lowest BCUT2D eigenvalue weighted by molar-refractivity contribution is 0.382. The van der Waals surface area contributed by atoms with Gasteiger partial charge in [0.1, 0.15) is 10.6 Å². The third kappa shape index (κ3) is 2.53. The molecule has 1 aromatic rings. The Labute approximate surface area is 134 Å². The first-order valence-electron chi connectivity index (χ1n) is 6.70. The fourth-order valence-electron chi connectivity index (χ4n) is 3.10. The maximum Gasteiger partial charge on any atom is 0.244 e. The number of methoxy groups -OCH3 is 1. The largest absolute Gasteiger partial charge is 0.495 e. The Bertz CT molecular complexity index is 666. The molecule has 0 unspecified atom stereocenters. The van der Waals surface area contributed by atoms with Crippen LogP contribution in [-0.2, 0) is 10.0 Å². The predicted octanol–water partition coefficient (Wildman–Crippen LogP) is 1.98. The quantitative estimate of drug-likeness (QED) is 0.905. The molecule has 2 heterocycles. The molecular weight excluding hydrogens is 335 g/mol. The second-order valence-electron chi connectivity index (χ2n) is 5.31. The van der Waals surface area contributed by atoms with E-state index in [0.717, 1.165) is 13.0 Å². The second kappa shape index (κ2) is 5.59. The van der Waals surface area contributed by atoms with Gasteiger partial charge in [0.15, 0.2) is 0 Å². The molecule has 116 valence electrons. The summed E-state index contributed by atoms with van der Waals surface area (Å²) >= 11 is 12.2. The molecule has 0 aliphatic carbocycles. The van der Waals surface area contributed by atoms with Gasteiger partial charge in [-0.05, 0) is 24.9 Å². The molecular formula is C13H16Cl2N2O3S. The van der Waals surface area contributed by atoms with Crippen molar-refractivity contribution in [3.8, 4) is 5.75 Å². The molecule has 2 aliphatic rings. The van der Waals surface area contributed by atoms with Crippen molar-refractivity contribution in [2.75, 3.05) is 26.7 Å². The van der Waals surface area contributed by atoms with Crippen LogP contribution in [0.5, 0.6) is 5.75 Å². The number of fused-ring (bicyclic) bond motifs is 1. The highest BCUT2D eigenvalue weighted by Crippen LogP contribution is 2.38. The molecule has 3 rings (SSSR count). The molecule has 2 fully saturated rings. The highest BCUT2D eigenvalue weighted by molar-refractivity contribution is 7.89. The van der Waals surface area contributed by atoms with Gasteiger partial charge < -0.3 is 10.1 Å². The summed E-state index contributed by atoms with van der Waals surface area (Å²) in [5.41, 5.74) is 0. The summed E-state index contributed by atoms with van der Waals surface area (Å²) in [6.45, 7) is 2.08. The molecule has 2 aliphatic heterocycles. The van der Waals surface area contributed by atoms with Crippen LogP contribution in [0.3, 0.4) is 0 Å². The Morgan fingerprint density at radius 3 is 2.76 bits per heavy atom. The lowest BCUT2D eigenvalue weighted by atomic mass is 10.1. The number of benzene rings is 1. The van der Waals surface area contributed by atoms with Crippen molar-refractivity contribution < 1.29 is 13.2 Å². The minimum absolute atomic E-state index is 0.00643. The number of ether oxygens (including phenoxy) is 1. The van der Waals surface area contributed by atoms with Crippen LogP contribution in [-0.4, -0.2) is 45.5 Å². The van der Waals surface area contributed by atoms with E-state index >= 15 is 0 Å². The minimum Gasteiger partial charge on any atom is -0.495 e. The molecule has 8 heteroatoms. The van der Waals surface area contributed by atoms with Crippen molar-refractivity contribution in [3.05, 3.63) is 22.2 Å². The maximum atomic E-state index is 12.9. The molecule has 1 N–H and O–H groups in total. The summed E-state index contributed by atoms with van der Waals surface area (Å²) in [5.74, 6) is 0.745. The minimum atomic E-state index is -3.65. The molecule has 0 radical (unpaired) electrons. The van der Waals surface area contributed by atoms with Crippen molar-refractivity contribution in [3.63, 3.8) is 0 Å². The summed E-state index contributed by atoms with van der Waals surface area (Å²) in [5, 5.41) is 3.60. The number of halogens is 2. The summed E-state index contributed by atoms with van der Waals surface area (Å²) < 4.78 is 32.3. The number of hydrogen-bond acceptors (Lipinski definition) is 4. The van der Waals surface area contributed by atoms with E-state index in [-0.39, 0.29) is 21.0 Å². The van der Waals surface area contributed by atoms with Gasteiger partial charge in [0.05, 0.1) is 17.2 Å². The molecule has 0 aromatic heterocycles. The van der Waals surface area contributed by atoms with Crippen LogP contribution in [0.1, 0.15) is 6.42 Å². The average Bonchev–Trinajstić information content (AvgIpc) is 3.02. The van der Waals surface area contributed by atoms with E-state index in [1.807, 2.05) is 0 Å². The topological polar surface area (TPSA) is 58.6 Å². The SMILES string of the molecule is COc1cc(Cl)c(S(=O)(=O)N2CC[C@@H]3CNC[C@@H]32)cc1Cl. The van der Waals surface area contributed by atoms with Crippen LogP contribution >= 0.6 is 23.2 Å². The van der Waals surface area contributed by atoms with Crippen LogP contribution in [0, 0.1) is 5.92 Å². The van der Waals surface area contributed by atoms with Gasteiger partial charge in [-0.1, -0.05) is 23.2 Å². The van der Waals surface area contributed by atoms with Gasteiger partial charge in [-0.2, -0.15) is 4.31 Å². The predicted molar refractivity (Wildman–Crippen MR) is 81.7 cm³/mol. The first-order valence-corrected chi connectivity index (χ1v) is 8.90. The van der Waals surface area contributed by atoms with Gasteiger partial charge in [0, 0.05) is 25.2 Å². The number of hydrogen-bond donors (Lipinski definition) is 1. The standard InChI is InChI=1S/C13H16Cl2N2O3S/c1-20-12-4-10(15)13(5-9(12)14)21(18,19)17-3-2-8-6-16-7-11(8)17/h4-5,8,11,16H,2-3,6-7H2,1H3/t8-,11+/m1/s1. The zero-order valence-electron chi connectivity index (χ0n) is 11.5. The lowest BCUT2D eigenvalue weighted by Gasteiger charge is -2.23. The van der Waals surface area contributed by atoms with Crippen LogP contribution < -0.4 is 10.1 Å². The van der Waals surface area contributed by atoms with Crippen molar-refractivity contribution in [2.24, 2.45) is 5.92 Å². The number of sulfonamides is 1. The van der Waals surface area contributed by atoms with Crippen LogP contribution in [0.2, 0.25) is 10.0 Å². The Kier molecular flexibility index (Phi) is 4.09. The van der Waals surface area contributed by atoms with E-state index < -0.39 is 10.0 Å². The first-order chi connectivity index (χ1) is 9.95. The van der Waals surface area contributed by atoms with E-state index in [4.69, 9.17) is 27.9 Å². The highest BCUT2D eigenvalue weighted by atomic mass is 35.5. The van der Waals surface area contributed by atoms with Gasteiger partial charge in [-0.25, -0.2) is 8.42 Å². The number of nitrogens with one attached hydrogen (secondary N) is 1. The summed E-state index contributed by atoms with van der Waals surface area (Å²) in [4.78, 5) is 0.0440. The molecule has 0 amide bonds. The Balaban J connectivity index is 2.01. The Hall–Kier alpha value is -0.530. The van der Waals surface area contributed by atoms with E-state index in [1.165, 1.54) is 19.2 Å². The van der Waals surface area contributed by atoms with Crippen molar-refractivity contribution in [1.29, 1.82) is 0 Å². The lowest BCUT2D eigenvalue weighted by Crippen LogP contribution is -2.39. The molecule has 1 aromatic carbocycles. The second-order valence-corrected chi connectivity index (χ2v) is 7.98. The summed E-state index contributed by atoms with van der Waals surface area (Å²) in [6, 6.07) is 2.82. The first kappa shape index (κ1) is 15.4. The zero-order chi connectivity index (χ0) is 15.2. The summed E-state index contributed by atoms with van der Waals surface area (Å²) in [6.07, 6.45) is 0.873. The van der Waals surface area contributed by atoms with Crippen LogP contribution in [0.4, 0.5) is 0 Å². The molecule has 21 heavy (non-hydrogen) atoms. The molecule has 0 bridgehead atoms. The molecule has 5 nitrogen and oxygen atoms in total.